The number of piperidine rings is 2. The first-order valence-electron chi connectivity index (χ1n) is 8.80. The minimum atomic E-state index is 0.809. The molecule has 1 saturated carbocycles. The van der Waals surface area contributed by atoms with Crippen LogP contribution in [0.15, 0.2) is 0 Å². The Hall–Kier alpha value is -0.0800. The Labute approximate surface area is 119 Å². The van der Waals surface area contributed by atoms with Gasteiger partial charge in [-0.1, -0.05) is 26.7 Å². The highest BCUT2D eigenvalue weighted by Crippen LogP contribution is 2.41. The summed E-state index contributed by atoms with van der Waals surface area (Å²) in [7, 11) is 0. The Morgan fingerprint density at radius 2 is 1.68 bits per heavy atom. The molecule has 4 unspecified atom stereocenters. The molecule has 2 aliphatic heterocycles. The van der Waals surface area contributed by atoms with Crippen molar-refractivity contribution in [3.63, 3.8) is 0 Å². The topological polar surface area (TPSA) is 15.3 Å². The second kappa shape index (κ2) is 6.13. The Morgan fingerprint density at radius 1 is 1.00 bits per heavy atom. The van der Waals surface area contributed by atoms with Crippen molar-refractivity contribution in [2.75, 3.05) is 6.54 Å². The van der Waals surface area contributed by atoms with Gasteiger partial charge in [-0.25, -0.2) is 0 Å². The fourth-order valence-electron chi connectivity index (χ4n) is 5.04. The van der Waals surface area contributed by atoms with Crippen molar-refractivity contribution in [2.24, 2.45) is 5.92 Å². The van der Waals surface area contributed by atoms with Gasteiger partial charge in [-0.15, -0.1) is 0 Å². The molecule has 3 rings (SSSR count). The van der Waals surface area contributed by atoms with Crippen LogP contribution in [-0.2, 0) is 0 Å². The monoisotopic (exact) mass is 264 g/mol. The van der Waals surface area contributed by atoms with Crippen molar-refractivity contribution >= 4 is 0 Å². The van der Waals surface area contributed by atoms with Crippen LogP contribution in [0.1, 0.15) is 71.6 Å². The summed E-state index contributed by atoms with van der Waals surface area (Å²) in [5.41, 5.74) is 0. The minimum Gasteiger partial charge on any atom is -0.314 e. The summed E-state index contributed by atoms with van der Waals surface area (Å²) in [6, 6.07) is 3.52. The van der Waals surface area contributed by atoms with Gasteiger partial charge < -0.3 is 5.32 Å². The highest BCUT2D eigenvalue weighted by Gasteiger charge is 2.43. The van der Waals surface area contributed by atoms with E-state index in [0.29, 0.717) is 0 Å². The lowest BCUT2D eigenvalue weighted by Gasteiger charge is -2.52. The lowest BCUT2D eigenvalue weighted by atomic mass is 9.79. The molecule has 0 radical (unpaired) electrons. The van der Waals surface area contributed by atoms with Crippen molar-refractivity contribution in [1.29, 1.82) is 0 Å². The van der Waals surface area contributed by atoms with Gasteiger partial charge in [0.15, 0.2) is 0 Å². The van der Waals surface area contributed by atoms with E-state index in [0.717, 1.165) is 30.1 Å². The predicted octanol–water partition coefficient (Wildman–Crippen LogP) is 3.56. The predicted molar refractivity (Wildman–Crippen MR) is 81.4 cm³/mol. The van der Waals surface area contributed by atoms with Crippen molar-refractivity contribution < 1.29 is 0 Å². The molecule has 110 valence electrons. The number of fused-ring (bicyclic) bond motifs is 2. The summed E-state index contributed by atoms with van der Waals surface area (Å²) in [6.07, 6.45) is 12.9. The van der Waals surface area contributed by atoms with E-state index >= 15 is 0 Å². The van der Waals surface area contributed by atoms with E-state index in [9.17, 15) is 0 Å². The summed E-state index contributed by atoms with van der Waals surface area (Å²) in [4.78, 5) is 2.99. The van der Waals surface area contributed by atoms with Gasteiger partial charge in [0, 0.05) is 24.2 Å². The van der Waals surface area contributed by atoms with Gasteiger partial charge in [0.2, 0.25) is 0 Å². The zero-order valence-electron chi connectivity index (χ0n) is 12.9. The molecule has 2 heteroatoms. The first kappa shape index (κ1) is 13.9. The molecular weight excluding hydrogens is 232 g/mol. The quantitative estimate of drug-likeness (QED) is 0.835. The van der Waals surface area contributed by atoms with E-state index in [-0.39, 0.29) is 0 Å². The summed E-state index contributed by atoms with van der Waals surface area (Å²) in [6.45, 7) is 5.99. The van der Waals surface area contributed by atoms with Crippen LogP contribution in [0.2, 0.25) is 0 Å². The van der Waals surface area contributed by atoms with Crippen LogP contribution in [0, 0.1) is 5.92 Å². The SMILES string of the molecule is CCCNC1CC2CCCC(C1)N2C1CCCC1C. The molecule has 0 aromatic rings. The smallest absolute Gasteiger partial charge is 0.0127 e. The molecule has 3 fully saturated rings. The van der Waals surface area contributed by atoms with Gasteiger partial charge in [-0.05, 0) is 57.4 Å². The third-order valence-electron chi connectivity index (χ3n) is 5.91. The van der Waals surface area contributed by atoms with Gasteiger partial charge in [0.1, 0.15) is 0 Å². The average molecular weight is 264 g/mol. The first-order valence-corrected chi connectivity index (χ1v) is 8.80. The lowest BCUT2D eigenvalue weighted by Crippen LogP contribution is -2.60. The van der Waals surface area contributed by atoms with Crippen LogP contribution in [0.3, 0.4) is 0 Å². The Morgan fingerprint density at radius 3 is 2.26 bits per heavy atom. The standard InChI is InChI=1S/C17H32N2/c1-3-10-18-14-11-15-7-5-8-16(12-14)19(15)17-9-4-6-13(17)2/h13-18H,3-12H2,1-2H3. The van der Waals surface area contributed by atoms with E-state index in [1.165, 1.54) is 64.3 Å². The number of hydrogen-bond acceptors (Lipinski definition) is 2. The lowest BCUT2D eigenvalue weighted by molar-refractivity contribution is -0.0205. The molecule has 3 aliphatic rings. The second-order valence-electron chi connectivity index (χ2n) is 7.28. The van der Waals surface area contributed by atoms with Crippen LogP contribution >= 0.6 is 0 Å². The van der Waals surface area contributed by atoms with Gasteiger partial charge >= 0.3 is 0 Å². The summed E-state index contributed by atoms with van der Waals surface area (Å²) in [5.74, 6) is 0.947. The van der Waals surface area contributed by atoms with Crippen molar-refractivity contribution in [1.82, 2.24) is 10.2 Å². The van der Waals surface area contributed by atoms with E-state index in [2.05, 4.69) is 24.1 Å². The van der Waals surface area contributed by atoms with Gasteiger partial charge in [-0.2, -0.15) is 0 Å². The number of rotatable bonds is 4. The Kier molecular flexibility index (Phi) is 4.48. The molecule has 2 saturated heterocycles. The highest BCUT2D eigenvalue weighted by molar-refractivity contribution is 4.99. The van der Waals surface area contributed by atoms with E-state index in [4.69, 9.17) is 0 Å². The molecule has 2 bridgehead atoms. The highest BCUT2D eigenvalue weighted by atomic mass is 15.2. The molecule has 2 heterocycles. The van der Waals surface area contributed by atoms with E-state index in [1.54, 1.807) is 0 Å². The largest absolute Gasteiger partial charge is 0.314 e. The molecular formula is C17H32N2. The molecule has 4 atom stereocenters. The number of nitrogens with zero attached hydrogens (tertiary/aromatic N) is 1. The fourth-order valence-corrected chi connectivity index (χ4v) is 5.04. The molecule has 0 aromatic heterocycles. The molecule has 1 aliphatic carbocycles. The maximum Gasteiger partial charge on any atom is 0.0127 e. The molecule has 0 amide bonds. The molecule has 19 heavy (non-hydrogen) atoms. The van der Waals surface area contributed by atoms with Crippen molar-refractivity contribution in [3.05, 3.63) is 0 Å². The third kappa shape index (κ3) is 2.85. The zero-order valence-corrected chi connectivity index (χ0v) is 12.9. The summed E-state index contributed by atoms with van der Waals surface area (Å²) < 4.78 is 0. The van der Waals surface area contributed by atoms with Gasteiger partial charge in [-0.3, -0.25) is 4.90 Å². The third-order valence-corrected chi connectivity index (χ3v) is 5.91. The number of hydrogen-bond donors (Lipinski definition) is 1. The summed E-state index contributed by atoms with van der Waals surface area (Å²) in [5, 5.41) is 3.80. The molecule has 1 N–H and O–H groups in total. The maximum atomic E-state index is 3.80. The molecule has 0 spiro atoms. The maximum absolute atomic E-state index is 3.80. The number of nitrogens with one attached hydrogen (secondary N) is 1. The van der Waals surface area contributed by atoms with E-state index in [1.807, 2.05) is 0 Å². The first-order chi connectivity index (χ1) is 9.29. The van der Waals surface area contributed by atoms with Crippen LogP contribution < -0.4 is 5.32 Å². The Bertz CT molecular complexity index is 277. The summed E-state index contributed by atoms with van der Waals surface area (Å²) >= 11 is 0. The second-order valence-corrected chi connectivity index (χ2v) is 7.28. The molecule has 2 nitrogen and oxygen atoms in total. The molecule has 0 aromatic carbocycles. The minimum absolute atomic E-state index is 0.809. The van der Waals surface area contributed by atoms with Gasteiger partial charge in [0.05, 0.1) is 0 Å². The van der Waals surface area contributed by atoms with Crippen LogP contribution in [0.5, 0.6) is 0 Å². The Balaban J connectivity index is 1.66. The van der Waals surface area contributed by atoms with Crippen LogP contribution in [0.25, 0.3) is 0 Å². The van der Waals surface area contributed by atoms with Gasteiger partial charge in [0.25, 0.3) is 0 Å². The van der Waals surface area contributed by atoms with E-state index < -0.39 is 0 Å². The van der Waals surface area contributed by atoms with Crippen LogP contribution in [-0.4, -0.2) is 35.6 Å². The van der Waals surface area contributed by atoms with Crippen molar-refractivity contribution in [2.45, 2.75) is 95.8 Å². The normalized spacial score (nSPS) is 43.6. The average Bonchev–Trinajstić information content (AvgIpc) is 2.81. The van der Waals surface area contributed by atoms with Crippen LogP contribution in [0.4, 0.5) is 0 Å². The zero-order chi connectivity index (χ0) is 13.2. The van der Waals surface area contributed by atoms with Crippen molar-refractivity contribution in [3.8, 4) is 0 Å². The fraction of sp³-hybridized carbons (Fsp3) is 1.00.